The number of nitrogens with one attached hydrogen (secondary N) is 1. The van der Waals surface area contributed by atoms with Gasteiger partial charge in [0.2, 0.25) is 5.91 Å². The predicted octanol–water partition coefficient (Wildman–Crippen LogP) is 3.15. The zero-order chi connectivity index (χ0) is 13.7. The summed E-state index contributed by atoms with van der Waals surface area (Å²) < 4.78 is 0. The average molecular weight is 290 g/mol. The Hall–Kier alpha value is -0.870. The van der Waals surface area contributed by atoms with E-state index in [0.29, 0.717) is 11.8 Å². The van der Waals surface area contributed by atoms with E-state index in [9.17, 15) is 4.79 Å². The first-order valence-electron chi connectivity index (χ1n) is 7.80. The van der Waals surface area contributed by atoms with Gasteiger partial charge in [-0.05, 0) is 49.0 Å². The van der Waals surface area contributed by atoms with Gasteiger partial charge in [0.25, 0.3) is 0 Å². The summed E-state index contributed by atoms with van der Waals surface area (Å²) in [7, 11) is 0. The minimum absolute atomic E-state index is 0.126. The largest absolute Gasteiger partial charge is 0.320 e. The van der Waals surface area contributed by atoms with Crippen molar-refractivity contribution in [2.24, 2.45) is 11.8 Å². The van der Waals surface area contributed by atoms with Crippen LogP contribution in [-0.4, -0.2) is 22.9 Å². The average Bonchev–Trinajstić information content (AvgIpc) is 2.80. The molecule has 4 rings (SSSR count). The van der Waals surface area contributed by atoms with Crippen molar-refractivity contribution in [3.63, 3.8) is 0 Å². The Balaban J connectivity index is 1.56. The summed E-state index contributed by atoms with van der Waals surface area (Å²) in [5.41, 5.74) is -0.196. The second-order valence-electron chi connectivity index (χ2n) is 6.89. The lowest BCUT2D eigenvalue weighted by Gasteiger charge is -2.26. The molecule has 0 bridgehead atoms. The van der Waals surface area contributed by atoms with Crippen molar-refractivity contribution < 1.29 is 4.79 Å². The maximum absolute atomic E-state index is 12.7. The van der Waals surface area contributed by atoms with E-state index in [0.717, 1.165) is 25.3 Å². The van der Waals surface area contributed by atoms with Gasteiger partial charge in [-0.2, -0.15) is 0 Å². The molecule has 1 aromatic rings. The van der Waals surface area contributed by atoms with E-state index in [2.05, 4.69) is 34.7 Å². The molecule has 3 unspecified atom stereocenters. The number of carbonyl (C=O) groups excluding carboxylic acids is 1. The first kappa shape index (κ1) is 12.8. The Labute approximate surface area is 124 Å². The van der Waals surface area contributed by atoms with Crippen molar-refractivity contribution in [1.82, 2.24) is 10.2 Å². The molecule has 108 valence electrons. The highest BCUT2D eigenvalue weighted by atomic mass is 32.1. The second kappa shape index (κ2) is 4.57. The molecule has 3 atom stereocenters. The van der Waals surface area contributed by atoms with Gasteiger partial charge in [0, 0.05) is 11.4 Å². The summed E-state index contributed by atoms with van der Waals surface area (Å²) in [6.45, 7) is 3.28. The standard InChI is InChI=1S/C16H22N2OS/c1-11-4-5-12(9-11)10-18-14(13-3-2-8-20-13)17-16(6-7-16)15(18)19/h2-3,8,11-12,14,17H,4-7,9-10H2,1H3. The Morgan fingerprint density at radius 3 is 2.90 bits per heavy atom. The molecule has 0 aromatic carbocycles. The van der Waals surface area contributed by atoms with Crippen molar-refractivity contribution in [3.05, 3.63) is 22.4 Å². The number of hydrogen-bond donors (Lipinski definition) is 1. The summed E-state index contributed by atoms with van der Waals surface area (Å²) in [6.07, 6.45) is 6.06. The van der Waals surface area contributed by atoms with Gasteiger partial charge in [0.05, 0.1) is 0 Å². The number of amides is 1. The Morgan fingerprint density at radius 2 is 2.30 bits per heavy atom. The van der Waals surface area contributed by atoms with Crippen molar-refractivity contribution >= 4 is 17.2 Å². The van der Waals surface area contributed by atoms with Gasteiger partial charge >= 0.3 is 0 Å². The van der Waals surface area contributed by atoms with Gasteiger partial charge in [-0.15, -0.1) is 11.3 Å². The molecule has 2 saturated carbocycles. The lowest BCUT2D eigenvalue weighted by Crippen LogP contribution is -2.35. The normalized spacial score (nSPS) is 35.1. The number of thiophene rings is 1. The van der Waals surface area contributed by atoms with Crippen LogP contribution < -0.4 is 5.32 Å². The van der Waals surface area contributed by atoms with E-state index in [-0.39, 0.29) is 11.7 Å². The van der Waals surface area contributed by atoms with Crippen LogP contribution in [0.1, 0.15) is 50.1 Å². The molecule has 1 spiro atoms. The number of carbonyl (C=O) groups is 1. The van der Waals surface area contributed by atoms with E-state index in [1.165, 1.54) is 24.1 Å². The lowest BCUT2D eigenvalue weighted by molar-refractivity contribution is -0.131. The maximum Gasteiger partial charge on any atom is 0.244 e. The summed E-state index contributed by atoms with van der Waals surface area (Å²) in [5.74, 6) is 1.89. The van der Waals surface area contributed by atoms with Crippen LogP contribution in [0.3, 0.4) is 0 Å². The Morgan fingerprint density at radius 1 is 1.45 bits per heavy atom. The van der Waals surface area contributed by atoms with Crippen LogP contribution in [0.5, 0.6) is 0 Å². The first-order chi connectivity index (χ1) is 9.68. The summed E-state index contributed by atoms with van der Waals surface area (Å²) in [6, 6.07) is 4.24. The van der Waals surface area contributed by atoms with Crippen molar-refractivity contribution in [2.75, 3.05) is 6.54 Å². The molecule has 1 aliphatic heterocycles. The number of nitrogens with zero attached hydrogens (tertiary/aromatic N) is 1. The van der Waals surface area contributed by atoms with Gasteiger partial charge in [0.15, 0.2) is 0 Å². The highest BCUT2D eigenvalue weighted by molar-refractivity contribution is 7.10. The zero-order valence-electron chi connectivity index (χ0n) is 12.0. The van der Waals surface area contributed by atoms with Crippen molar-refractivity contribution in [3.8, 4) is 0 Å². The molecule has 1 amide bonds. The fourth-order valence-corrected chi connectivity index (χ4v) is 4.69. The smallest absolute Gasteiger partial charge is 0.244 e. The summed E-state index contributed by atoms with van der Waals surface area (Å²) in [5, 5.41) is 5.72. The topological polar surface area (TPSA) is 32.3 Å². The van der Waals surface area contributed by atoms with Crippen LogP contribution >= 0.6 is 11.3 Å². The monoisotopic (exact) mass is 290 g/mol. The third-order valence-corrected chi connectivity index (χ3v) is 6.14. The molecule has 3 aliphatic rings. The number of rotatable bonds is 3. The highest BCUT2D eigenvalue weighted by Crippen LogP contribution is 2.47. The Kier molecular flexibility index (Phi) is 2.93. The van der Waals surface area contributed by atoms with E-state index in [1.807, 2.05) is 0 Å². The minimum atomic E-state index is -0.196. The van der Waals surface area contributed by atoms with Crippen molar-refractivity contribution in [2.45, 2.75) is 50.7 Å². The van der Waals surface area contributed by atoms with E-state index >= 15 is 0 Å². The molecule has 0 radical (unpaired) electrons. The van der Waals surface area contributed by atoms with E-state index in [4.69, 9.17) is 0 Å². The minimum Gasteiger partial charge on any atom is -0.320 e. The molecule has 1 aromatic heterocycles. The SMILES string of the molecule is CC1CCC(CN2C(=O)C3(CC3)NC2c2cccs2)C1. The van der Waals surface area contributed by atoms with Crippen LogP contribution in [0.15, 0.2) is 17.5 Å². The van der Waals surface area contributed by atoms with Crippen LogP contribution in [-0.2, 0) is 4.79 Å². The van der Waals surface area contributed by atoms with Gasteiger partial charge in [-0.1, -0.05) is 19.4 Å². The first-order valence-corrected chi connectivity index (χ1v) is 8.68. The quantitative estimate of drug-likeness (QED) is 0.927. The molecule has 1 saturated heterocycles. The maximum atomic E-state index is 12.7. The summed E-state index contributed by atoms with van der Waals surface area (Å²) in [4.78, 5) is 16.2. The molecule has 1 N–H and O–H groups in total. The lowest BCUT2D eigenvalue weighted by atomic mass is 10.1. The third-order valence-electron chi connectivity index (χ3n) is 5.22. The molecule has 20 heavy (non-hydrogen) atoms. The van der Waals surface area contributed by atoms with Crippen LogP contribution in [0.2, 0.25) is 0 Å². The molecule has 4 heteroatoms. The van der Waals surface area contributed by atoms with E-state index in [1.54, 1.807) is 11.3 Å². The summed E-state index contributed by atoms with van der Waals surface area (Å²) >= 11 is 1.76. The highest BCUT2D eigenvalue weighted by Gasteiger charge is 2.59. The molecule has 2 heterocycles. The fourth-order valence-electron chi connectivity index (χ4n) is 3.91. The predicted molar refractivity (Wildman–Crippen MR) is 80.4 cm³/mol. The van der Waals surface area contributed by atoms with Gasteiger partial charge in [-0.3, -0.25) is 10.1 Å². The molecule has 2 aliphatic carbocycles. The van der Waals surface area contributed by atoms with Gasteiger partial charge in [-0.25, -0.2) is 0 Å². The van der Waals surface area contributed by atoms with Gasteiger partial charge in [0.1, 0.15) is 11.7 Å². The van der Waals surface area contributed by atoms with Crippen LogP contribution in [0, 0.1) is 11.8 Å². The second-order valence-corrected chi connectivity index (χ2v) is 7.87. The Bertz CT molecular complexity index is 509. The zero-order valence-corrected chi connectivity index (χ0v) is 12.8. The van der Waals surface area contributed by atoms with E-state index < -0.39 is 0 Å². The van der Waals surface area contributed by atoms with Crippen LogP contribution in [0.25, 0.3) is 0 Å². The molecule has 3 fully saturated rings. The van der Waals surface area contributed by atoms with Crippen molar-refractivity contribution in [1.29, 1.82) is 0 Å². The third kappa shape index (κ3) is 2.01. The molecule has 3 nitrogen and oxygen atoms in total. The van der Waals surface area contributed by atoms with Crippen LogP contribution in [0.4, 0.5) is 0 Å². The number of hydrogen-bond acceptors (Lipinski definition) is 3. The molecular formula is C16H22N2OS. The molecular weight excluding hydrogens is 268 g/mol. The fraction of sp³-hybridized carbons (Fsp3) is 0.688. The van der Waals surface area contributed by atoms with Gasteiger partial charge < -0.3 is 4.90 Å².